The third-order valence-corrected chi connectivity index (χ3v) is 4.92. The zero-order valence-electron chi connectivity index (χ0n) is 19.0. The number of anilines is 2. The van der Waals surface area contributed by atoms with Crippen LogP contribution in [0, 0.1) is 5.92 Å². The van der Waals surface area contributed by atoms with Crippen molar-refractivity contribution in [2.75, 3.05) is 31.4 Å². The third kappa shape index (κ3) is 5.75. The predicted molar refractivity (Wildman–Crippen MR) is 122 cm³/mol. The van der Waals surface area contributed by atoms with E-state index in [0.717, 1.165) is 16.9 Å². The number of hydrogen-bond acceptors (Lipinski definition) is 4. The molecule has 0 fully saturated rings. The van der Waals surface area contributed by atoms with Crippen LogP contribution in [0.3, 0.4) is 0 Å². The molecule has 0 saturated heterocycles. The molecule has 1 N–H and O–H groups in total. The summed E-state index contributed by atoms with van der Waals surface area (Å²) in [6.07, 6.45) is 0. The smallest absolute Gasteiger partial charge is 0.254 e. The van der Waals surface area contributed by atoms with Crippen molar-refractivity contribution >= 4 is 23.2 Å². The Morgan fingerprint density at radius 2 is 1.63 bits per heavy atom. The molecular weight excluding hydrogens is 378 g/mol. The Bertz CT molecular complexity index is 874. The highest BCUT2D eigenvalue weighted by atomic mass is 16.5. The van der Waals surface area contributed by atoms with Crippen LogP contribution in [0.15, 0.2) is 42.5 Å². The number of hydrogen-bond donors (Lipinski definition) is 1. The average Bonchev–Trinajstić information content (AvgIpc) is 2.71. The first-order chi connectivity index (χ1) is 14.1. The van der Waals surface area contributed by atoms with Gasteiger partial charge in [0.05, 0.1) is 7.11 Å². The molecule has 0 radical (unpaired) electrons. The second kappa shape index (κ2) is 10.1. The SMILES string of the molecule is COc1ccc(C(=O)N(Cc2cc(NC(=O)C(C)C)ccc2N(C)C)C(C)C)cc1. The molecule has 0 aliphatic rings. The fourth-order valence-corrected chi connectivity index (χ4v) is 3.08. The van der Waals surface area contributed by atoms with Crippen LogP contribution in [0.2, 0.25) is 0 Å². The number of rotatable bonds is 8. The number of ether oxygens (including phenoxy) is 1. The predicted octanol–water partition coefficient (Wildman–Crippen LogP) is 4.41. The first-order valence-electron chi connectivity index (χ1n) is 10.2. The number of nitrogens with one attached hydrogen (secondary N) is 1. The zero-order valence-corrected chi connectivity index (χ0v) is 19.0. The minimum Gasteiger partial charge on any atom is -0.497 e. The van der Waals surface area contributed by atoms with E-state index in [1.54, 1.807) is 31.4 Å². The lowest BCUT2D eigenvalue weighted by molar-refractivity contribution is -0.118. The normalized spacial score (nSPS) is 10.8. The summed E-state index contributed by atoms with van der Waals surface area (Å²) >= 11 is 0. The third-order valence-electron chi connectivity index (χ3n) is 4.92. The van der Waals surface area contributed by atoms with Crippen molar-refractivity contribution < 1.29 is 14.3 Å². The summed E-state index contributed by atoms with van der Waals surface area (Å²) in [6, 6.07) is 13.0. The summed E-state index contributed by atoms with van der Waals surface area (Å²) in [7, 11) is 5.54. The maximum absolute atomic E-state index is 13.2. The quantitative estimate of drug-likeness (QED) is 0.699. The molecule has 6 heteroatoms. The maximum atomic E-state index is 13.2. The molecule has 2 aromatic carbocycles. The zero-order chi connectivity index (χ0) is 22.4. The summed E-state index contributed by atoms with van der Waals surface area (Å²) in [5, 5.41) is 2.95. The van der Waals surface area contributed by atoms with E-state index in [1.807, 2.05) is 69.8 Å². The molecule has 30 heavy (non-hydrogen) atoms. The lowest BCUT2D eigenvalue weighted by atomic mass is 10.1. The molecule has 0 heterocycles. The molecular formula is C24H33N3O3. The first-order valence-corrected chi connectivity index (χ1v) is 10.2. The lowest BCUT2D eigenvalue weighted by Gasteiger charge is -2.29. The Kier molecular flexibility index (Phi) is 7.86. The molecule has 2 rings (SSSR count). The number of amides is 2. The van der Waals surface area contributed by atoms with E-state index in [4.69, 9.17) is 4.74 Å². The van der Waals surface area contributed by atoms with Crippen molar-refractivity contribution in [3.63, 3.8) is 0 Å². The van der Waals surface area contributed by atoms with Crippen molar-refractivity contribution in [3.8, 4) is 5.75 Å². The molecule has 0 spiro atoms. The van der Waals surface area contributed by atoms with Crippen molar-refractivity contribution in [2.45, 2.75) is 40.3 Å². The van der Waals surface area contributed by atoms with Gasteiger partial charge in [-0.3, -0.25) is 9.59 Å². The fraction of sp³-hybridized carbons (Fsp3) is 0.417. The summed E-state index contributed by atoms with van der Waals surface area (Å²) in [5.41, 5.74) is 3.32. The number of carbonyl (C=O) groups excluding carboxylic acids is 2. The van der Waals surface area contributed by atoms with E-state index >= 15 is 0 Å². The van der Waals surface area contributed by atoms with E-state index in [0.29, 0.717) is 17.9 Å². The van der Waals surface area contributed by atoms with Gasteiger partial charge in [-0.2, -0.15) is 0 Å². The highest BCUT2D eigenvalue weighted by Crippen LogP contribution is 2.26. The van der Waals surface area contributed by atoms with Gasteiger partial charge in [-0.1, -0.05) is 13.8 Å². The van der Waals surface area contributed by atoms with E-state index in [1.165, 1.54) is 0 Å². The van der Waals surface area contributed by atoms with E-state index < -0.39 is 0 Å². The lowest BCUT2D eigenvalue weighted by Crippen LogP contribution is -2.36. The molecule has 0 atom stereocenters. The second-order valence-corrected chi connectivity index (χ2v) is 8.14. The highest BCUT2D eigenvalue weighted by molar-refractivity contribution is 5.95. The van der Waals surface area contributed by atoms with Gasteiger partial charge in [0.2, 0.25) is 5.91 Å². The molecule has 2 amide bonds. The number of methoxy groups -OCH3 is 1. The second-order valence-electron chi connectivity index (χ2n) is 8.14. The number of benzene rings is 2. The largest absolute Gasteiger partial charge is 0.497 e. The van der Waals surface area contributed by atoms with E-state index in [9.17, 15) is 9.59 Å². The van der Waals surface area contributed by atoms with Crippen molar-refractivity contribution in [1.82, 2.24) is 4.90 Å². The van der Waals surface area contributed by atoms with E-state index in [-0.39, 0.29) is 23.8 Å². The van der Waals surface area contributed by atoms with Crippen LogP contribution in [0.4, 0.5) is 11.4 Å². The molecule has 2 aromatic rings. The Hall–Kier alpha value is -3.02. The van der Waals surface area contributed by atoms with Crippen LogP contribution < -0.4 is 15.0 Å². The Morgan fingerprint density at radius 1 is 1.00 bits per heavy atom. The van der Waals surface area contributed by atoms with Gasteiger partial charge in [0, 0.05) is 49.5 Å². The summed E-state index contributed by atoms with van der Waals surface area (Å²) in [4.78, 5) is 29.2. The van der Waals surface area contributed by atoms with Crippen LogP contribution >= 0.6 is 0 Å². The minimum atomic E-state index is -0.106. The van der Waals surface area contributed by atoms with Gasteiger partial charge in [0.25, 0.3) is 5.91 Å². The minimum absolute atomic E-state index is 0.00326. The van der Waals surface area contributed by atoms with Gasteiger partial charge >= 0.3 is 0 Å². The molecule has 0 saturated carbocycles. The molecule has 6 nitrogen and oxygen atoms in total. The first kappa shape index (κ1) is 23.3. The van der Waals surface area contributed by atoms with Crippen LogP contribution in [0.5, 0.6) is 5.75 Å². The maximum Gasteiger partial charge on any atom is 0.254 e. The Morgan fingerprint density at radius 3 is 2.13 bits per heavy atom. The van der Waals surface area contributed by atoms with Crippen molar-refractivity contribution in [2.24, 2.45) is 5.92 Å². The summed E-state index contributed by atoms with van der Waals surface area (Å²) in [6.45, 7) is 8.15. The molecule has 0 aromatic heterocycles. The molecule has 0 unspecified atom stereocenters. The summed E-state index contributed by atoms with van der Waals surface area (Å²) < 4.78 is 5.19. The van der Waals surface area contributed by atoms with Gasteiger partial charge in [0.1, 0.15) is 5.75 Å². The van der Waals surface area contributed by atoms with Crippen molar-refractivity contribution in [3.05, 3.63) is 53.6 Å². The van der Waals surface area contributed by atoms with Crippen LogP contribution in [-0.2, 0) is 11.3 Å². The average molecular weight is 412 g/mol. The summed E-state index contributed by atoms with van der Waals surface area (Å²) in [5.74, 6) is 0.527. The number of nitrogens with zero attached hydrogens (tertiary/aromatic N) is 2. The number of carbonyl (C=O) groups is 2. The van der Waals surface area contributed by atoms with Gasteiger partial charge in [-0.05, 0) is 61.9 Å². The van der Waals surface area contributed by atoms with Gasteiger partial charge in [-0.15, -0.1) is 0 Å². The topological polar surface area (TPSA) is 61.9 Å². The van der Waals surface area contributed by atoms with Crippen LogP contribution in [0.25, 0.3) is 0 Å². The van der Waals surface area contributed by atoms with Gasteiger partial charge in [0.15, 0.2) is 0 Å². The molecule has 0 aliphatic carbocycles. The van der Waals surface area contributed by atoms with Crippen LogP contribution in [-0.4, -0.2) is 44.0 Å². The van der Waals surface area contributed by atoms with Crippen molar-refractivity contribution in [1.29, 1.82) is 0 Å². The van der Waals surface area contributed by atoms with Gasteiger partial charge < -0.3 is 19.9 Å². The Balaban J connectivity index is 2.35. The fourth-order valence-electron chi connectivity index (χ4n) is 3.08. The molecule has 0 aliphatic heterocycles. The Labute approximate surface area is 179 Å². The molecule has 0 bridgehead atoms. The van der Waals surface area contributed by atoms with Crippen LogP contribution in [0.1, 0.15) is 43.6 Å². The molecule has 162 valence electrons. The standard InChI is InChI=1S/C24H33N3O3/c1-16(2)23(28)25-20-10-13-22(26(5)6)19(14-20)15-27(17(3)4)24(29)18-8-11-21(30-7)12-9-18/h8-14,16-17H,15H2,1-7H3,(H,25,28). The highest BCUT2D eigenvalue weighted by Gasteiger charge is 2.21. The van der Waals surface area contributed by atoms with Gasteiger partial charge in [-0.25, -0.2) is 0 Å². The monoisotopic (exact) mass is 411 g/mol. The van der Waals surface area contributed by atoms with E-state index in [2.05, 4.69) is 5.32 Å².